The maximum absolute atomic E-state index is 13.7. The zero-order valence-corrected chi connectivity index (χ0v) is 17.0. The molecule has 0 heterocycles. The molecule has 184 valence electrons. The monoisotopic (exact) mass is 564 g/mol. The molecule has 2 nitrogen and oxygen atoms in total. The van der Waals surface area contributed by atoms with E-state index in [0.29, 0.717) is 12.1 Å². The Morgan fingerprint density at radius 1 is 0.606 bits per heavy atom. The molecule has 0 spiro atoms. The van der Waals surface area contributed by atoms with Gasteiger partial charge in [0.1, 0.15) is 11.5 Å². The molecule has 2 aromatic rings. The quantitative estimate of drug-likeness (QED) is 0.319. The first-order chi connectivity index (χ1) is 14.9. The molecule has 0 saturated heterocycles. The SMILES string of the molecule is FC(C(F)(F)F)C(F)(F)Oc1ccccc1-c1cc(Br)ccc1OC(F)(F)C(F)C(F)(F)F. The smallest absolute Gasteiger partial charge is 0.429 e. The zero-order valence-electron chi connectivity index (χ0n) is 15.4. The van der Waals surface area contributed by atoms with Crippen molar-refractivity contribution < 1.29 is 62.2 Å². The fraction of sp³-hybridized carbons (Fsp3) is 0.333. The average molecular weight is 565 g/mol. The van der Waals surface area contributed by atoms with Crippen LogP contribution in [0, 0.1) is 0 Å². The van der Waals surface area contributed by atoms with Gasteiger partial charge in [-0.2, -0.15) is 43.9 Å². The molecule has 0 saturated carbocycles. The van der Waals surface area contributed by atoms with Crippen molar-refractivity contribution in [2.45, 2.75) is 36.9 Å². The van der Waals surface area contributed by atoms with Gasteiger partial charge in [-0.15, -0.1) is 0 Å². The number of hydrogen-bond acceptors (Lipinski definition) is 2. The van der Waals surface area contributed by atoms with E-state index in [1.54, 1.807) is 0 Å². The van der Waals surface area contributed by atoms with Gasteiger partial charge in [-0.1, -0.05) is 34.1 Å². The van der Waals surface area contributed by atoms with E-state index >= 15 is 0 Å². The second-order valence-electron chi connectivity index (χ2n) is 6.27. The van der Waals surface area contributed by atoms with E-state index in [1.165, 1.54) is 0 Å². The van der Waals surface area contributed by atoms with Gasteiger partial charge in [-0.25, -0.2) is 8.78 Å². The van der Waals surface area contributed by atoms with E-state index in [2.05, 4.69) is 25.4 Å². The van der Waals surface area contributed by atoms with Crippen LogP contribution in [-0.4, -0.2) is 36.9 Å². The second-order valence-corrected chi connectivity index (χ2v) is 7.19. The van der Waals surface area contributed by atoms with Crippen LogP contribution < -0.4 is 9.47 Å². The molecule has 33 heavy (non-hydrogen) atoms. The predicted molar refractivity (Wildman–Crippen MR) is 92.6 cm³/mol. The molecule has 0 aliphatic rings. The number of alkyl halides is 12. The highest BCUT2D eigenvalue weighted by atomic mass is 79.9. The lowest BCUT2D eigenvalue weighted by Gasteiger charge is -2.26. The summed E-state index contributed by atoms with van der Waals surface area (Å²) in [4.78, 5) is 0. The molecular weight excluding hydrogens is 556 g/mol. The lowest BCUT2D eigenvalue weighted by Crippen LogP contribution is -2.46. The maximum atomic E-state index is 13.7. The van der Waals surface area contributed by atoms with Crippen molar-refractivity contribution in [3.8, 4) is 22.6 Å². The van der Waals surface area contributed by atoms with E-state index in [1.807, 2.05) is 0 Å². The van der Waals surface area contributed by atoms with Crippen molar-refractivity contribution in [3.05, 3.63) is 46.9 Å². The second kappa shape index (κ2) is 9.14. The third-order valence-electron chi connectivity index (χ3n) is 3.78. The Hall–Kier alpha value is -2.32. The maximum Gasteiger partial charge on any atom is 0.439 e. The Balaban J connectivity index is 2.54. The molecule has 2 rings (SSSR count). The summed E-state index contributed by atoms with van der Waals surface area (Å²) in [5, 5.41) is 0. The summed E-state index contributed by atoms with van der Waals surface area (Å²) in [6.07, 6.45) is -32.6. The first-order valence-corrected chi connectivity index (χ1v) is 9.09. The molecule has 0 aliphatic carbocycles. The number of ether oxygens (including phenoxy) is 2. The lowest BCUT2D eigenvalue weighted by molar-refractivity contribution is -0.306. The van der Waals surface area contributed by atoms with Gasteiger partial charge in [0.15, 0.2) is 0 Å². The van der Waals surface area contributed by atoms with Crippen LogP contribution in [-0.2, 0) is 0 Å². The van der Waals surface area contributed by atoms with Crippen molar-refractivity contribution in [1.29, 1.82) is 0 Å². The van der Waals surface area contributed by atoms with Gasteiger partial charge in [0.25, 0.3) is 12.3 Å². The van der Waals surface area contributed by atoms with Crippen LogP contribution >= 0.6 is 15.9 Å². The van der Waals surface area contributed by atoms with Crippen molar-refractivity contribution in [2.24, 2.45) is 0 Å². The highest BCUT2D eigenvalue weighted by molar-refractivity contribution is 9.10. The van der Waals surface area contributed by atoms with Gasteiger partial charge in [0.2, 0.25) is 0 Å². The van der Waals surface area contributed by atoms with Crippen LogP contribution in [0.5, 0.6) is 11.5 Å². The molecular formula is C18H9BrF12O2. The Morgan fingerprint density at radius 3 is 1.48 bits per heavy atom. The van der Waals surface area contributed by atoms with Gasteiger partial charge in [-0.05, 0) is 24.3 Å². The van der Waals surface area contributed by atoms with Gasteiger partial charge < -0.3 is 9.47 Å². The van der Waals surface area contributed by atoms with Crippen LogP contribution in [0.15, 0.2) is 46.9 Å². The molecule has 0 N–H and O–H groups in total. The van der Waals surface area contributed by atoms with E-state index in [0.717, 1.165) is 30.3 Å². The van der Waals surface area contributed by atoms with Gasteiger partial charge in [0, 0.05) is 15.6 Å². The van der Waals surface area contributed by atoms with Crippen LogP contribution in [0.4, 0.5) is 52.7 Å². The number of halogens is 13. The normalized spacial score (nSPS) is 15.2. The molecule has 0 amide bonds. The zero-order chi connectivity index (χ0) is 25.4. The van der Waals surface area contributed by atoms with Gasteiger partial charge >= 0.3 is 24.6 Å². The minimum Gasteiger partial charge on any atom is -0.429 e. The summed E-state index contributed by atoms with van der Waals surface area (Å²) < 4.78 is 163. The Labute approximate surface area is 185 Å². The number of hydrogen-bond donors (Lipinski definition) is 0. The minimum absolute atomic E-state index is 0.0148. The number of para-hydroxylation sites is 1. The molecule has 2 atom stereocenters. The highest BCUT2D eigenvalue weighted by Crippen LogP contribution is 2.45. The van der Waals surface area contributed by atoms with E-state index < -0.39 is 59.5 Å². The fourth-order valence-corrected chi connectivity index (χ4v) is 2.72. The molecule has 0 aliphatic heterocycles. The summed E-state index contributed by atoms with van der Waals surface area (Å²) in [5.41, 5.74) is -1.42. The third-order valence-corrected chi connectivity index (χ3v) is 4.27. The molecule has 0 aromatic heterocycles. The Morgan fingerprint density at radius 2 is 1.03 bits per heavy atom. The minimum atomic E-state index is -6.03. The number of benzene rings is 2. The average Bonchev–Trinajstić information content (AvgIpc) is 2.67. The molecule has 2 aromatic carbocycles. The van der Waals surface area contributed by atoms with E-state index in [-0.39, 0.29) is 4.47 Å². The molecule has 0 fully saturated rings. The fourth-order valence-electron chi connectivity index (χ4n) is 2.36. The highest BCUT2D eigenvalue weighted by Gasteiger charge is 2.60. The molecule has 15 heteroatoms. The lowest BCUT2D eigenvalue weighted by atomic mass is 10.0. The van der Waals surface area contributed by atoms with Crippen LogP contribution in [0.2, 0.25) is 0 Å². The first-order valence-electron chi connectivity index (χ1n) is 8.30. The topological polar surface area (TPSA) is 18.5 Å². The summed E-state index contributed by atoms with van der Waals surface area (Å²) >= 11 is 2.87. The van der Waals surface area contributed by atoms with Crippen molar-refractivity contribution in [1.82, 2.24) is 0 Å². The van der Waals surface area contributed by atoms with E-state index in [4.69, 9.17) is 0 Å². The van der Waals surface area contributed by atoms with Crippen molar-refractivity contribution >= 4 is 15.9 Å². The standard InChI is InChI=1S/C18H9BrF12O2/c19-8-5-6-12(33-18(30,31)14(21)16(25,26)27)10(7-8)9-3-1-2-4-11(9)32-17(28,29)13(20)15(22,23)24/h1-7,13-14H. The van der Waals surface area contributed by atoms with Crippen molar-refractivity contribution in [2.75, 3.05) is 0 Å². The van der Waals surface area contributed by atoms with Crippen molar-refractivity contribution in [3.63, 3.8) is 0 Å². The predicted octanol–water partition coefficient (Wildman–Crippen LogP) is 7.86. The summed E-state index contributed by atoms with van der Waals surface area (Å²) in [5.74, 6) is -2.35. The third kappa shape index (κ3) is 6.38. The first kappa shape index (κ1) is 26.9. The van der Waals surface area contributed by atoms with Crippen LogP contribution in [0.3, 0.4) is 0 Å². The summed E-state index contributed by atoms with van der Waals surface area (Å²) in [6, 6.07) is 5.85. The van der Waals surface area contributed by atoms with Gasteiger partial charge in [0.05, 0.1) is 0 Å². The Bertz CT molecular complexity index is 974. The molecule has 2 unspecified atom stereocenters. The van der Waals surface area contributed by atoms with Crippen LogP contribution in [0.1, 0.15) is 0 Å². The largest absolute Gasteiger partial charge is 0.439 e. The van der Waals surface area contributed by atoms with Crippen LogP contribution in [0.25, 0.3) is 11.1 Å². The summed E-state index contributed by atoms with van der Waals surface area (Å²) in [6.45, 7) is 0. The summed E-state index contributed by atoms with van der Waals surface area (Å²) in [7, 11) is 0. The Kier molecular flexibility index (Phi) is 7.46. The molecule has 0 radical (unpaired) electrons. The van der Waals surface area contributed by atoms with Gasteiger partial charge in [-0.3, -0.25) is 0 Å². The number of rotatable bonds is 7. The van der Waals surface area contributed by atoms with E-state index in [9.17, 15) is 52.7 Å². The molecule has 0 bridgehead atoms.